The van der Waals surface area contributed by atoms with Crippen molar-refractivity contribution in [2.75, 3.05) is 13.2 Å². The molecule has 1 amide bonds. The Hall–Kier alpha value is -0.570. The van der Waals surface area contributed by atoms with Crippen molar-refractivity contribution in [2.24, 2.45) is 0 Å². The number of hydrogen-bond donors (Lipinski definition) is 2. The van der Waals surface area contributed by atoms with Crippen LogP contribution >= 0.6 is 0 Å². The lowest BCUT2D eigenvalue weighted by Crippen LogP contribution is -2.24. The maximum atomic E-state index is 11.3. The predicted octanol–water partition coefficient (Wildman–Crippen LogP) is 2.63. The van der Waals surface area contributed by atoms with Crippen molar-refractivity contribution in [1.82, 2.24) is 5.32 Å². The van der Waals surface area contributed by atoms with E-state index in [1.807, 2.05) is 0 Å². The van der Waals surface area contributed by atoms with E-state index >= 15 is 0 Å². The highest BCUT2D eigenvalue weighted by Gasteiger charge is 1.99. The average molecular weight is 229 g/mol. The van der Waals surface area contributed by atoms with Crippen LogP contribution in [-0.4, -0.2) is 24.2 Å². The zero-order valence-electron chi connectivity index (χ0n) is 10.6. The quantitative estimate of drug-likeness (QED) is 0.535. The summed E-state index contributed by atoms with van der Waals surface area (Å²) in [6.07, 6.45) is 9.62. The normalized spacial score (nSPS) is 10.4. The zero-order valence-corrected chi connectivity index (χ0v) is 10.6. The van der Waals surface area contributed by atoms with Crippen molar-refractivity contribution < 1.29 is 9.90 Å². The van der Waals surface area contributed by atoms with Crippen LogP contribution in [0.5, 0.6) is 0 Å². The molecule has 0 radical (unpaired) electrons. The van der Waals surface area contributed by atoms with Crippen LogP contribution in [0.4, 0.5) is 0 Å². The third-order valence-electron chi connectivity index (χ3n) is 2.66. The van der Waals surface area contributed by atoms with Gasteiger partial charge in [0.05, 0.1) is 0 Å². The van der Waals surface area contributed by atoms with Crippen LogP contribution in [0.1, 0.15) is 64.7 Å². The SMILES string of the molecule is CCCCCCCCC(=O)NCCCCO. The molecule has 3 nitrogen and oxygen atoms in total. The molecule has 96 valence electrons. The van der Waals surface area contributed by atoms with Crippen LogP contribution in [0.25, 0.3) is 0 Å². The van der Waals surface area contributed by atoms with Gasteiger partial charge in [0.2, 0.25) is 5.91 Å². The highest BCUT2D eigenvalue weighted by Crippen LogP contribution is 2.06. The van der Waals surface area contributed by atoms with Gasteiger partial charge in [-0.25, -0.2) is 0 Å². The van der Waals surface area contributed by atoms with Crippen LogP contribution < -0.4 is 5.32 Å². The molecule has 0 bridgehead atoms. The second-order valence-corrected chi connectivity index (χ2v) is 4.30. The van der Waals surface area contributed by atoms with E-state index in [0.29, 0.717) is 13.0 Å². The van der Waals surface area contributed by atoms with E-state index in [4.69, 9.17) is 5.11 Å². The summed E-state index contributed by atoms with van der Waals surface area (Å²) in [5, 5.41) is 11.4. The maximum Gasteiger partial charge on any atom is 0.219 e. The first-order valence-electron chi connectivity index (χ1n) is 6.68. The minimum absolute atomic E-state index is 0.161. The molecule has 0 heterocycles. The van der Waals surface area contributed by atoms with Gasteiger partial charge < -0.3 is 10.4 Å². The smallest absolute Gasteiger partial charge is 0.219 e. The van der Waals surface area contributed by atoms with Crippen molar-refractivity contribution in [3.05, 3.63) is 0 Å². The van der Waals surface area contributed by atoms with Crippen molar-refractivity contribution in [1.29, 1.82) is 0 Å². The molecule has 0 aliphatic rings. The molecule has 0 atom stereocenters. The number of nitrogens with one attached hydrogen (secondary N) is 1. The molecule has 0 rings (SSSR count). The Labute approximate surface area is 99.6 Å². The van der Waals surface area contributed by atoms with Gasteiger partial charge in [-0.15, -0.1) is 0 Å². The van der Waals surface area contributed by atoms with Gasteiger partial charge in [-0.3, -0.25) is 4.79 Å². The van der Waals surface area contributed by atoms with Gasteiger partial charge in [-0.1, -0.05) is 39.0 Å². The minimum Gasteiger partial charge on any atom is -0.396 e. The fraction of sp³-hybridized carbons (Fsp3) is 0.923. The van der Waals surface area contributed by atoms with Gasteiger partial charge in [0.1, 0.15) is 0 Å². The van der Waals surface area contributed by atoms with E-state index in [1.54, 1.807) is 0 Å². The summed E-state index contributed by atoms with van der Waals surface area (Å²) < 4.78 is 0. The Balaban J connectivity index is 3.11. The summed E-state index contributed by atoms with van der Waals surface area (Å²) in [4.78, 5) is 11.3. The van der Waals surface area contributed by atoms with Crippen molar-refractivity contribution >= 4 is 5.91 Å². The molecule has 0 spiro atoms. The monoisotopic (exact) mass is 229 g/mol. The second kappa shape index (κ2) is 12.5. The van der Waals surface area contributed by atoms with Crippen molar-refractivity contribution in [3.8, 4) is 0 Å². The number of unbranched alkanes of at least 4 members (excludes halogenated alkanes) is 6. The summed E-state index contributed by atoms with van der Waals surface area (Å²) in [6.45, 7) is 3.13. The van der Waals surface area contributed by atoms with Gasteiger partial charge in [-0.05, 0) is 19.3 Å². The molecule has 0 fully saturated rings. The summed E-state index contributed by atoms with van der Waals surface area (Å²) in [5.41, 5.74) is 0. The third-order valence-corrected chi connectivity index (χ3v) is 2.66. The van der Waals surface area contributed by atoms with Gasteiger partial charge in [0, 0.05) is 19.6 Å². The van der Waals surface area contributed by atoms with Gasteiger partial charge in [0.25, 0.3) is 0 Å². The van der Waals surface area contributed by atoms with Crippen LogP contribution in [0.3, 0.4) is 0 Å². The largest absolute Gasteiger partial charge is 0.396 e. The van der Waals surface area contributed by atoms with Crippen molar-refractivity contribution in [2.45, 2.75) is 64.7 Å². The highest BCUT2D eigenvalue weighted by atomic mass is 16.2. The summed E-state index contributed by atoms with van der Waals surface area (Å²) in [6, 6.07) is 0. The molecular formula is C13H27NO2. The van der Waals surface area contributed by atoms with E-state index in [2.05, 4.69) is 12.2 Å². The molecule has 0 aromatic rings. The van der Waals surface area contributed by atoms with Crippen molar-refractivity contribution in [3.63, 3.8) is 0 Å². The number of amides is 1. The summed E-state index contributed by atoms with van der Waals surface area (Å²) >= 11 is 0. The fourth-order valence-corrected chi connectivity index (χ4v) is 1.62. The molecule has 2 N–H and O–H groups in total. The lowest BCUT2D eigenvalue weighted by Gasteiger charge is -2.04. The van der Waals surface area contributed by atoms with Crippen LogP contribution in [0.15, 0.2) is 0 Å². The highest BCUT2D eigenvalue weighted by molar-refractivity contribution is 5.75. The number of hydrogen-bond acceptors (Lipinski definition) is 2. The molecular weight excluding hydrogens is 202 g/mol. The molecule has 3 heteroatoms. The minimum atomic E-state index is 0.161. The Morgan fingerprint density at radius 1 is 1.00 bits per heavy atom. The zero-order chi connectivity index (χ0) is 12.1. The van der Waals surface area contributed by atoms with E-state index < -0.39 is 0 Å². The Kier molecular flexibility index (Phi) is 12.1. The molecule has 0 aromatic heterocycles. The van der Waals surface area contributed by atoms with E-state index in [0.717, 1.165) is 19.3 Å². The summed E-state index contributed by atoms with van der Waals surface area (Å²) in [5.74, 6) is 0.161. The molecule has 0 unspecified atom stereocenters. The molecule has 0 aromatic carbocycles. The number of carbonyl (C=O) groups excluding carboxylic acids is 1. The molecule has 16 heavy (non-hydrogen) atoms. The van der Waals surface area contributed by atoms with Crippen LogP contribution in [-0.2, 0) is 4.79 Å². The standard InChI is InChI=1S/C13H27NO2/c1-2-3-4-5-6-7-10-13(16)14-11-8-9-12-15/h15H,2-12H2,1H3,(H,14,16). The molecule has 0 aliphatic heterocycles. The van der Waals surface area contributed by atoms with E-state index in [1.165, 1.54) is 32.1 Å². The predicted molar refractivity (Wildman–Crippen MR) is 67.3 cm³/mol. The van der Waals surface area contributed by atoms with E-state index in [-0.39, 0.29) is 12.5 Å². The van der Waals surface area contributed by atoms with Gasteiger partial charge >= 0.3 is 0 Å². The number of rotatable bonds is 11. The van der Waals surface area contributed by atoms with Gasteiger partial charge in [-0.2, -0.15) is 0 Å². The summed E-state index contributed by atoms with van der Waals surface area (Å²) in [7, 11) is 0. The first kappa shape index (κ1) is 15.4. The number of carbonyl (C=O) groups is 1. The fourth-order valence-electron chi connectivity index (χ4n) is 1.62. The molecule has 0 saturated carbocycles. The lowest BCUT2D eigenvalue weighted by molar-refractivity contribution is -0.121. The Morgan fingerprint density at radius 2 is 1.69 bits per heavy atom. The Morgan fingerprint density at radius 3 is 2.38 bits per heavy atom. The van der Waals surface area contributed by atoms with E-state index in [9.17, 15) is 4.79 Å². The van der Waals surface area contributed by atoms with Gasteiger partial charge in [0.15, 0.2) is 0 Å². The van der Waals surface area contributed by atoms with Crippen LogP contribution in [0.2, 0.25) is 0 Å². The third kappa shape index (κ3) is 11.5. The first-order valence-corrected chi connectivity index (χ1v) is 6.68. The Bertz CT molecular complexity index is 160. The second-order valence-electron chi connectivity index (χ2n) is 4.30. The average Bonchev–Trinajstić information content (AvgIpc) is 2.29. The molecule has 0 aliphatic carbocycles. The maximum absolute atomic E-state index is 11.3. The molecule has 0 saturated heterocycles. The first-order chi connectivity index (χ1) is 7.81. The lowest BCUT2D eigenvalue weighted by atomic mass is 10.1. The number of aliphatic hydroxyl groups is 1. The number of aliphatic hydroxyl groups excluding tert-OH is 1. The van der Waals surface area contributed by atoms with Crippen LogP contribution in [0, 0.1) is 0 Å². The topological polar surface area (TPSA) is 49.3 Å².